The number of carbonyl (C=O) groups excluding carboxylic acids is 1. The Kier molecular flexibility index (Phi) is 4.93. The number of rotatable bonds is 6. The molecule has 2 aromatic carbocycles. The van der Waals surface area contributed by atoms with Gasteiger partial charge in [-0.15, -0.1) is 0 Å². The molecule has 3 aromatic rings. The number of para-hydroxylation sites is 1. The lowest BCUT2D eigenvalue weighted by atomic mass is 10.0. The molecule has 0 radical (unpaired) electrons. The number of aromatic amines is 1. The quantitative estimate of drug-likeness (QED) is 0.637. The Morgan fingerprint density at radius 3 is 2.65 bits per heavy atom. The first-order valence-electron chi connectivity index (χ1n) is 8.32. The van der Waals surface area contributed by atoms with Crippen molar-refractivity contribution in [3.05, 3.63) is 65.9 Å². The van der Waals surface area contributed by atoms with Crippen molar-refractivity contribution in [2.75, 3.05) is 19.0 Å². The molecule has 6 nitrogen and oxygen atoms in total. The van der Waals surface area contributed by atoms with Crippen LogP contribution >= 0.6 is 0 Å². The largest absolute Gasteiger partial charge is 0.480 e. The third-order valence-electron chi connectivity index (χ3n) is 4.33. The topological polar surface area (TPSA) is 85.4 Å². The normalized spacial score (nSPS) is 11.9. The minimum Gasteiger partial charge on any atom is -0.480 e. The molecule has 1 atom stereocenters. The van der Waals surface area contributed by atoms with Crippen LogP contribution in [0.1, 0.15) is 15.9 Å². The highest BCUT2D eigenvalue weighted by Crippen LogP contribution is 2.19. The Labute approximate surface area is 151 Å². The summed E-state index contributed by atoms with van der Waals surface area (Å²) in [5.41, 5.74) is 3.11. The molecule has 1 aromatic heterocycles. The number of hydrogen-bond donors (Lipinski definition) is 3. The van der Waals surface area contributed by atoms with Gasteiger partial charge in [0.2, 0.25) is 0 Å². The first kappa shape index (κ1) is 17.5. The summed E-state index contributed by atoms with van der Waals surface area (Å²) < 4.78 is 0. The first-order valence-corrected chi connectivity index (χ1v) is 8.32. The van der Waals surface area contributed by atoms with Gasteiger partial charge in [-0.3, -0.25) is 4.79 Å². The summed E-state index contributed by atoms with van der Waals surface area (Å²) in [4.78, 5) is 29.2. The Bertz CT molecular complexity index is 946. The highest BCUT2D eigenvalue weighted by Gasteiger charge is 2.22. The SMILES string of the molecule is CN(C)c1cccc(C(=O)N[C@@H](Cc2c[nH]c3ccccc23)C(=O)O)c1. The maximum atomic E-state index is 12.5. The second-order valence-corrected chi connectivity index (χ2v) is 6.37. The second-order valence-electron chi connectivity index (χ2n) is 6.37. The van der Waals surface area contributed by atoms with Crippen LogP contribution in [0.2, 0.25) is 0 Å². The number of nitrogens with one attached hydrogen (secondary N) is 2. The molecule has 0 aliphatic carbocycles. The molecule has 1 amide bonds. The molecular weight excluding hydrogens is 330 g/mol. The van der Waals surface area contributed by atoms with Crippen molar-refractivity contribution in [2.45, 2.75) is 12.5 Å². The molecule has 134 valence electrons. The van der Waals surface area contributed by atoms with E-state index in [4.69, 9.17) is 0 Å². The number of carbonyl (C=O) groups is 2. The molecule has 0 saturated carbocycles. The fourth-order valence-corrected chi connectivity index (χ4v) is 2.89. The molecule has 3 N–H and O–H groups in total. The standard InChI is InChI=1S/C20H21N3O3/c1-23(2)15-7-5-6-13(10-15)19(24)22-18(20(25)26)11-14-12-21-17-9-4-3-8-16(14)17/h3-10,12,18,21H,11H2,1-2H3,(H,22,24)(H,25,26)/t18-/m0/s1. The molecule has 0 fully saturated rings. The van der Waals surface area contributed by atoms with Gasteiger partial charge in [0.25, 0.3) is 5.91 Å². The fourth-order valence-electron chi connectivity index (χ4n) is 2.89. The van der Waals surface area contributed by atoms with Gasteiger partial charge in [0.05, 0.1) is 0 Å². The third-order valence-corrected chi connectivity index (χ3v) is 4.33. The number of carboxylic acid groups (broad SMARTS) is 1. The number of fused-ring (bicyclic) bond motifs is 1. The lowest BCUT2D eigenvalue weighted by Crippen LogP contribution is -2.42. The number of hydrogen-bond acceptors (Lipinski definition) is 3. The lowest BCUT2D eigenvalue weighted by molar-refractivity contribution is -0.139. The Balaban J connectivity index is 1.79. The summed E-state index contributed by atoms with van der Waals surface area (Å²) in [6.45, 7) is 0. The number of aliphatic carboxylic acids is 1. The van der Waals surface area contributed by atoms with Gasteiger partial charge in [-0.25, -0.2) is 4.79 Å². The van der Waals surface area contributed by atoms with E-state index in [0.717, 1.165) is 22.2 Å². The average molecular weight is 351 g/mol. The Morgan fingerprint density at radius 2 is 1.92 bits per heavy atom. The maximum Gasteiger partial charge on any atom is 0.326 e. The summed E-state index contributed by atoms with van der Waals surface area (Å²) in [6.07, 6.45) is 2.00. The van der Waals surface area contributed by atoms with E-state index in [1.165, 1.54) is 0 Å². The van der Waals surface area contributed by atoms with Gasteiger partial charge in [-0.1, -0.05) is 24.3 Å². The minimum absolute atomic E-state index is 0.207. The van der Waals surface area contributed by atoms with Gasteiger partial charge in [-0.05, 0) is 29.8 Å². The van der Waals surface area contributed by atoms with Crippen molar-refractivity contribution in [2.24, 2.45) is 0 Å². The van der Waals surface area contributed by atoms with E-state index < -0.39 is 17.9 Å². The van der Waals surface area contributed by atoms with Gasteiger partial charge in [0.15, 0.2) is 0 Å². The van der Waals surface area contributed by atoms with Gasteiger partial charge in [0, 0.05) is 48.9 Å². The fraction of sp³-hybridized carbons (Fsp3) is 0.200. The van der Waals surface area contributed by atoms with Crippen LogP contribution in [0, 0.1) is 0 Å². The summed E-state index contributed by atoms with van der Waals surface area (Å²) >= 11 is 0. The van der Waals surface area contributed by atoms with Gasteiger partial charge in [-0.2, -0.15) is 0 Å². The van der Waals surface area contributed by atoms with E-state index in [9.17, 15) is 14.7 Å². The van der Waals surface area contributed by atoms with Crippen LogP contribution in [0.3, 0.4) is 0 Å². The number of H-pyrrole nitrogens is 1. The zero-order valence-corrected chi connectivity index (χ0v) is 14.7. The van der Waals surface area contributed by atoms with Crippen LogP contribution in [0.15, 0.2) is 54.7 Å². The number of anilines is 1. The Hall–Kier alpha value is -3.28. The van der Waals surface area contributed by atoms with Crippen molar-refractivity contribution in [3.8, 4) is 0 Å². The maximum absolute atomic E-state index is 12.5. The number of aromatic nitrogens is 1. The van der Waals surface area contributed by atoms with Crippen molar-refractivity contribution in [3.63, 3.8) is 0 Å². The van der Waals surface area contributed by atoms with E-state index in [-0.39, 0.29) is 6.42 Å². The van der Waals surface area contributed by atoms with Crippen LogP contribution in [0.4, 0.5) is 5.69 Å². The van der Waals surface area contributed by atoms with Crippen molar-refractivity contribution in [1.29, 1.82) is 0 Å². The van der Waals surface area contributed by atoms with Crippen molar-refractivity contribution < 1.29 is 14.7 Å². The first-order chi connectivity index (χ1) is 12.5. The second kappa shape index (κ2) is 7.31. The molecular formula is C20H21N3O3. The lowest BCUT2D eigenvalue weighted by Gasteiger charge is -2.16. The van der Waals surface area contributed by atoms with Crippen molar-refractivity contribution in [1.82, 2.24) is 10.3 Å². The van der Waals surface area contributed by atoms with Crippen molar-refractivity contribution >= 4 is 28.5 Å². The van der Waals surface area contributed by atoms with E-state index >= 15 is 0 Å². The average Bonchev–Trinajstić information content (AvgIpc) is 3.04. The summed E-state index contributed by atoms with van der Waals surface area (Å²) in [5.74, 6) is -1.46. The summed E-state index contributed by atoms with van der Waals surface area (Å²) in [7, 11) is 3.77. The molecule has 0 bridgehead atoms. The number of nitrogens with zero attached hydrogens (tertiary/aromatic N) is 1. The summed E-state index contributed by atoms with van der Waals surface area (Å²) in [6, 6.07) is 13.7. The van der Waals surface area contributed by atoms with Crippen LogP contribution in [-0.2, 0) is 11.2 Å². The van der Waals surface area contributed by atoms with E-state index in [0.29, 0.717) is 5.56 Å². The smallest absolute Gasteiger partial charge is 0.326 e. The van der Waals surface area contributed by atoms with Crippen LogP contribution in [0.5, 0.6) is 0 Å². The van der Waals surface area contributed by atoms with Gasteiger partial charge in [0.1, 0.15) is 6.04 Å². The predicted octanol–water partition coefficient (Wildman–Crippen LogP) is 2.66. The molecule has 0 unspecified atom stereocenters. The highest BCUT2D eigenvalue weighted by atomic mass is 16.4. The molecule has 0 spiro atoms. The number of benzene rings is 2. The van der Waals surface area contributed by atoms with Crippen LogP contribution in [0.25, 0.3) is 10.9 Å². The minimum atomic E-state index is -1.06. The third kappa shape index (κ3) is 3.69. The molecule has 0 saturated heterocycles. The van der Waals surface area contributed by atoms with Gasteiger partial charge < -0.3 is 20.3 Å². The number of amides is 1. The predicted molar refractivity (Wildman–Crippen MR) is 102 cm³/mol. The molecule has 6 heteroatoms. The molecule has 26 heavy (non-hydrogen) atoms. The van der Waals surface area contributed by atoms with Crippen LogP contribution < -0.4 is 10.2 Å². The monoisotopic (exact) mass is 351 g/mol. The zero-order valence-electron chi connectivity index (χ0n) is 14.7. The zero-order chi connectivity index (χ0) is 18.7. The molecule has 0 aliphatic heterocycles. The van der Waals surface area contributed by atoms with E-state index in [1.54, 1.807) is 24.4 Å². The number of carboxylic acids is 1. The van der Waals surface area contributed by atoms with E-state index in [1.807, 2.05) is 49.3 Å². The molecule has 1 heterocycles. The van der Waals surface area contributed by atoms with Crippen LogP contribution in [-0.4, -0.2) is 42.1 Å². The molecule has 3 rings (SSSR count). The highest BCUT2D eigenvalue weighted by molar-refractivity contribution is 5.97. The molecule has 0 aliphatic rings. The van der Waals surface area contributed by atoms with Gasteiger partial charge >= 0.3 is 5.97 Å². The Morgan fingerprint density at radius 1 is 1.15 bits per heavy atom. The summed E-state index contributed by atoms with van der Waals surface area (Å²) in [5, 5.41) is 13.1. The van der Waals surface area contributed by atoms with E-state index in [2.05, 4.69) is 10.3 Å².